The number of nitrogens with zero attached hydrogens (tertiary/aromatic N) is 1. The summed E-state index contributed by atoms with van der Waals surface area (Å²) in [5.41, 5.74) is 1.73. The Bertz CT molecular complexity index is 695. The maximum absolute atomic E-state index is 9.43. The van der Waals surface area contributed by atoms with Gasteiger partial charge in [-0.2, -0.15) is 0 Å². The normalized spacial score (nSPS) is 44.3. The molecule has 5 unspecified atom stereocenters. The number of anilines is 1. The van der Waals surface area contributed by atoms with Crippen LogP contribution in [0.4, 0.5) is 5.69 Å². The van der Waals surface area contributed by atoms with Gasteiger partial charge in [-0.15, -0.1) is 0 Å². The Balaban J connectivity index is 1.85. The molecule has 2 aliphatic carbocycles. The van der Waals surface area contributed by atoms with Crippen LogP contribution < -0.4 is 4.90 Å². The van der Waals surface area contributed by atoms with Crippen LogP contribution in [-0.2, 0) is 0 Å². The van der Waals surface area contributed by atoms with Gasteiger partial charge in [0.1, 0.15) is 0 Å². The van der Waals surface area contributed by atoms with E-state index in [4.69, 9.17) is 0 Å². The summed E-state index contributed by atoms with van der Waals surface area (Å²) in [7, 11) is 0. The maximum Gasteiger partial charge on any atom is 0.0402 e. The van der Waals surface area contributed by atoms with Crippen LogP contribution in [0.1, 0.15) is 74.5 Å². The van der Waals surface area contributed by atoms with Gasteiger partial charge in [0.15, 0.2) is 0 Å². The van der Waals surface area contributed by atoms with Crippen LogP contribution in [0, 0.1) is 30.1 Å². The van der Waals surface area contributed by atoms with Crippen LogP contribution in [0.25, 0.3) is 0 Å². The van der Waals surface area contributed by atoms with E-state index in [1.807, 2.05) is 0 Å². The van der Waals surface area contributed by atoms with Crippen molar-refractivity contribution in [2.75, 3.05) is 4.90 Å². The van der Waals surface area contributed by atoms with Gasteiger partial charge in [0.25, 0.3) is 0 Å². The number of rotatable bonds is 1. The summed E-state index contributed by atoms with van der Waals surface area (Å²) >= 11 is 0. The summed E-state index contributed by atoms with van der Waals surface area (Å²) in [6.07, 6.45) is 4.87. The number of benzene rings is 1. The average molecular weight is 328 g/mol. The van der Waals surface area contributed by atoms with Crippen molar-refractivity contribution in [1.29, 1.82) is 0 Å². The predicted molar refractivity (Wildman–Crippen MR) is 103 cm³/mol. The molecule has 1 aromatic carbocycles. The first-order valence-corrected chi connectivity index (χ1v) is 9.98. The Labute approximate surface area is 151 Å². The Morgan fingerprint density at radius 2 is 1.88 bits per heavy atom. The number of hydrogen-bond donors (Lipinski definition) is 0. The third kappa shape index (κ3) is 2.34. The van der Waals surface area contributed by atoms with Gasteiger partial charge >= 0.3 is 0 Å². The Hall–Kier alpha value is -0.980. The first kappa shape index (κ1) is 14.2. The molecule has 132 valence electrons. The zero-order valence-corrected chi connectivity index (χ0v) is 16.1. The van der Waals surface area contributed by atoms with Crippen molar-refractivity contribution in [2.45, 2.75) is 84.7 Å². The third-order valence-electron chi connectivity index (χ3n) is 7.38. The van der Waals surface area contributed by atoms with Crippen LogP contribution in [0.2, 0.25) is 0 Å². The van der Waals surface area contributed by atoms with Gasteiger partial charge < -0.3 is 4.90 Å². The second-order valence-corrected chi connectivity index (χ2v) is 9.47. The molecule has 2 bridgehead atoms. The van der Waals surface area contributed by atoms with Crippen molar-refractivity contribution in [1.82, 2.24) is 0 Å². The first-order valence-electron chi connectivity index (χ1n) is 11.0. The summed E-state index contributed by atoms with van der Waals surface area (Å²) in [6.45, 7) is 11.2. The van der Waals surface area contributed by atoms with Crippen molar-refractivity contribution in [3.05, 3.63) is 29.8 Å². The van der Waals surface area contributed by atoms with E-state index in [0.29, 0.717) is 5.92 Å². The van der Waals surface area contributed by atoms with Gasteiger partial charge in [-0.05, 0) is 101 Å². The molecule has 5 atom stereocenters. The number of aryl methyl sites for hydroxylation is 1. The Morgan fingerprint density at radius 1 is 1.12 bits per heavy atom. The maximum atomic E-state index is 9.43. The minimum Gasteiger partial charge on any atom is -0.363 e. The molecule has 1 nitrogen and oxygen atoms in total. The van der Waals surface area contributed by atoms with Crippen LogP contribution in [-0.4, -0.2) is 11.6 Å². The van der Waals surface area contributed by atoms with Crippen LogP contribution in [0.5, 0.6) is 0 Å². The van der Waals surface area contributed by atoms with E-state index >= 15 is 0 Å². The van der Waals surface area contributed by atoms with Crippen molar-refractivity contribution < 1.29 is 2.74 Å². The van der Waals surface area contributed by atoms with Gasteiger partial charge in [-0.3, -0.25) is 0 Å². The molecular formula is C23H35N. The molecule has 1 heterocycles. The number of hydrogen-bond acceptors (Lipinski definition) is 1. The predicted octanol–water partition coefficient (Wildman–Crippen LogP) is 6.20. The smallest absolute Gasteiger partial charge is 0.0402 e. The lowest BCUT2D eigenvalue weighted by molar-refractivity contribution is 0.0000449. The molecule has 3 fully saturated rings. The fourth-order valence-electron chi connectivity index (χ4n) is 6.56. The summed E-state index contributed by atoms with van der Waals surface area (Å²) in [4.78, 5) is 2.45. The van der Waals surface area contributed by atoms with E-state index in [9.17, 15) is 2.74 Å². The third-order valence-corrected chi connectivity index (χ3v) is 7.38. The monoisotopic (exact) mass is 327 g/mol. The van der Waals surface area contributed by atoms with E-state index in [2.05, 4.69) is 63.8 Å². The largest absolute Gasteiger partial charge is 0.363 e. The average Bonchev–Trinajstić information content (AvgIpc) is 2.66. The molecule has 4 rings (SSSR count). The van der Waals surface area contributed by atoms with Crippen LogP contribution in [0.3, 0.4) is 0 Å². The van der Waals surface area contributed by atoms with E-state index in [-0.39, 0.29) is 11.5 Å². The second-order valence-electron chi connectivity index (χ2n) is 9.47. The zero-order chi connectivity index (χ0) is 18.9. The molecule has 24 heavy (non-hydrogen) atoms. The molecule has 3 aliphatic rings. The van der Waals surface area contributed by atoms with E-state index in [0.717, 1.165) is 18.3 Å². The standard InChI is InChI=1S/C23H35N/c1-16-12-19-10-11-23(20(13-16)14-19)15-22(4,5)24(18(23)3)21-9-7-6-8-17(21)2/h6-9,16,18-20H,10-15H2,1-5H3/i15D2. The lowest BCUT2D eigenvalue weighted by atomic mass is 9.53. The molecule has 2 saturated carbocycles. The highest BCUT2D eigenvalue weighted by molar-refractivity contribution is 5.57. The van der Waals surface area contributed by atoms with Crippen molar-refractivity contribution in [2.24, 2.45) is 23.2 Å². The topological polar surface area (TPSA) is 3.24 Å². The van der Waals surface area contributed by atoms with E-state index in [1.165, 1.54) is 36.9 Å². The second kappa shape index (κ2) is 5.51. The van der Waals surface area contributed by atoms with Gasteiger partial charge in [0, 0.05) is 20.0 Å². The molecule has 0 aromatic heterocycles. The minimum atomic E-state index is -1.20. The molecule has 1 saturated heterocycles. The highest BCUT2D eigenvalue weighted by Crippen LogP contribution is 2.62. The van der Waals surface area contributed by atoms with Crippen LogP contribution >= 0.6 is 0 Å². The fraction of sp³-hybridized carbons (Fsp3) is 0.739. The van der Waals surface area contributed by atoms with Gasteiger partial charge in [0.05, 0.1) is 0 Å². The fourth-order valence-corrected chi connectivity index (χ4v) is 6.56. The molecule has 1 spiro atoms. The van der Waals surface area contributed by atoms with Crippen molar-refractivity contribution in [3.8, 4) is 0 Å². The lowest BCUT2D eigenvalue weighted by Crippen LogP contribution is -2.49. The van der Waals surface area contributed by atoms with Crippen LogP contribution in [0.15, 0.2) is 24.3 Å². The Morgan fingerprint density at radius 3 is 2.62 bits per heavy atom. The quantitative estimate of drug-likeness (QED) is 0.593. The molecule has 1 aromatic rings. The van der Waals surface area contributed by atoms with Crippen molar-refractivity contribution >= 4 is 5.69 Å². The molecule has 0 radical (unpaired) electrons. The molecule has 1 heteroatoms. The SMILES string of the molecule is [2H]C1([2H])C2(CCC3CC(C)CC2C3)C(C)N(c2ccccc2C)C1(C)C. The zero-order valence-electron chi connectivity index (χ0n) is 18.1. The summed E-state index contributed by atoms with van der Waals surface area (Å²) in [6, 6.07) is 8.77. The van der Waals surface area contributed by atoms with Gasteiger partial charge in [-0.1, -0.05) is 25.1 Å². The molecule has 0 amide bonds. The lowest BCUT2D eigenvalue weighted by Gasteiger charge is -2.52. The highest BCUT2D eigenvalue weighted by atomic mass is 15.3. The van der Waals surface area contributed by atoms with Crippen molar-refractivity contribution in [3.63, 3.8) is 0 Å². The molecule has 0 N–H and O–H groups in total. The molecular weight excluding hydrogens is 290 g/mol. The van der Waals surface area contributed by atoms with Gasteiger partial charge in [0.2, 0.25) is 0 Å². The number of fused-ring (bicyclic) bond motifs is 3. The minimum absolute atomic E-state index is 0.227. The first-order chi connectivity index (χ1) is 12.1. The molecule has 1 aliphatic heterocycles. The highest BCUT2D eigenvalue weighted by Gasteiger charge is 2.59. The summed E-state index contributed by atoms with van der Waals surface area (Å²) < 4.78 is 18.9. The van der Waals surface area contributed by atoms with E-state index < -0.39 is 11.9 Å². The Kier molecular flexibility index (Phi) is 3.26. The summed E-state index contributed by atoms with van der Waals surface area (Å²) in [5.74, 6) is 2.09. The van der Waals surface area contributed by atoms with Gasteiger partial charge in [-0.25, -0.2) is 0 Å². The van der Waals surface area contributed by atoms with E-state index in [1.54, 1.807) is 0 Å². The summed E-state index contributed by atoms with van der Waals surface area (Å²) in [5, 5.41) is 0. The number of para-hydroxylation sites is 1.